The van der Waals surface area contributed by atoms with E-state index in [-0.39, 0.29) is 0 Å². The summed E-state index contributed by atoms with van der Waals surface area (Å²) in [5.41, 5.74) is 2.18. The molecule has 2 heteroatoms. The number of nitrogens with zero attached hydrogens (tertiary/aromatic N) is 1. The number of aryl methyl sites for hydroxylation is 1. The molecule has 0 aliphatic rings. The van der Waals surface area contributed by atoms with Crippen molar-refractivity contribution in [3.8, 4) is 0 Å². The van der Waals surface area contributed by atoms with Crippen LogP contribution in [0.2, 0.25) is 5.02 Å². The van der Waals surface area contributed by atoms with Crippen LogP contribution in [0.5, 0.6) is 0 Å². The van der Waals surface area contributed by atoms with Crippen molar-refractivity contribution in [2.75, 3.05) is 0 Å². The molecule has 0 N–H and O–H groups in total. The molecule has 0 aliphatic carbocycles. The van der Waals surface area contributed by atoms with E-state index in [9.17, 15) is 0 Å². The topological polar surface area (TPSA) is 12.9 Å². The van der Waals surface area contributed by atoms with Gasteiger partial charge in [-0.3, -0.25) is 4.98 Å². The third kappa shape index (κ3) is 1.88. The predicted octanol–water partition coefficient (Wildman–Crippen LogP) is 3.84. The summed E-state index contributed by atoms with van der Waals surface area (Å²) in [5.74, 6) is 0. The Kier molecular flexibility index (Phi) is 2.69. The molecule has 0 spiro atoms. The zero-order valence-corrected chi connectivity index (χ0v) is 8.88. The van der Waals surface area contributed by atoms with Gasteiger partial charge in [0.2, 0.25) is 0 Å². The fraction of sp³-hybridized carbons (Fsp3) is 0.250. The third-order valence-corrected chi connectivity index (χ3v) is 2.45. The van der Waals surface area contributed by atoms with E-state index in [2.05, 4.69) is 24.0 Å². The third-order valence-electron chi connectivity index (χ3n) is 2.22. The van der Waals surface area contributed by atoms with Crippen LogP contribution >= 0.6 is 11.6 Å². The number of pyridine rings is 1. The highest BCUT2D eigenvalue weighted by molar-refractivity contribution is 6.31. The van der Waals surface area contributed by atoms with Gasteiger partial charge in [0.25, 0.3) is 0 Å². The summed E-state index contributed by atoms with van der Waals surface area (Å²) in [7, 11) is 0. The Bertz CT molecular complexity index is 451. The molecular formula is C12H12ClN. The highest BCUT2D eigenvalue weighted by atomic mass is 35.5. The number of fused-ring (bicyclic) bond motifs is 1. The molecule has 0 saturated carbocycles. The number of hydrogen-bond acceptors (Lipinski definition) is 1. The number of halogens is 1. The molecule has 14 heavy (non-hydrogen) atoms. The van der Waals surface area contributed by atoms with Crippen LogP contribution in [0.25, 0.3) is 10.9 Å². The largest absolute Gasteiger partial charge is 0.253 e. The second-order valence-corrected chi connectivity index (χ2v) is 3.83. The number of benzene rings is 1. The van der Waals surface area contributed by atoms with Gasteiger partial charge in [-0.15, -0.1) is 0 Å². The van der Waals surface area contributed by atoms with Crippen molar-refractivity contribution in [3.05, 3.63) is 41.0 Å². The molecule has 0 unspecified atom stereocenters. The first kappa shape index (κ1) is 9.47. The average Bonchev–Trinajstić information content (AvgIpc) is 2.19. The predicted molar refractivity (Wildman–Crippen MR) is 60.7 cm³/mol. The highest BCUT2D eigenvalue weighted by Crippen LogP contribution is 2.18. The fourth-order valence-electron chi connectivity index (χ4n) is 1.53. The number of hydrogen-bond donors (Lipinski definition) is 0. The first-order valence-electron chi connectivity index (χ1n) is 4.85. The maximum atomic E-state index is 5.89. The maximum absolute atomic E-state index is 5.89. The van der Waals surface area contributed by atoms with Gasteiger partial charge in [-0.25, -0.2) is 0 Å². The molecule has 0 atom stereocenters. The maximum Gasteiger partial charge on any atom is 0.0706 e. The smallest absolute Gasteiger partial charge is 0.0706 e. The molecule has 1 aromatic heterocycles. The van der Waals surface area contributed by atoms with Crippen molar-refractivity contribution < 1.29 is 0 Å². The lowest BCUT2D eigenvalue weighted by Gasteiger charge is -2.01. The number of rotatable bonds is 2. The average molecular weight is 206 g/mol. The van der Waals surface area contributed by atoms with Crippen LogP contribution in [0, 0.1) is 0 Å². The Hall–Kier alpha value is -1.08. The minimum Gasteiger partial charge on any atom is -0.253 e. The Labute approximate surface area is 88.7 Å². The van der Waals surface area contributed by atoms with Crippen molar-refractivity contribution >= 4 is 22.5 Å². The molecule has 0 fully saturated rings. The molecule has 0 saturated heterocycles. The van der Waals surface area contributed by atoms with Gasteiger partial charge < -0.3 is 0 Å². The normalized spacial score (nSPS) is 10.7. The first-order valence-corrected chi connectivity index (χ1v) is 5.22. The van der Waals surface area contributed by atoms with E-state index in [1.54, 1.807) is 0 Å². The van der Waals surface area contributed by atoms with Gasteiger partial charge in [-0.2, -0.15) is 0 Å². The summed E-state index contributed by atoms with van der Waals surface area (Å²) >= 11 is 5.89. The van der Waals surface area contributed by atoms with Gasteiger partial charge in [0, 0.05) is 16.1 Å². The molecular weight excluding hydrogens is 194 g/mol. The zero-order valence-electron chi connectivity index (χ0n) is 8.13. The SMILES string of the molecule is CCCc1ccc2cc(Cl)ccc2n1. The fourth-order valence-corrected chi connectivity index (χ4v) is 1.71. The first-order chi connectivity index (χ1) is 6.79. The molecule has 1 heterocycles. The summed E-state index contributed by atoms with van der Waals surface area (Å²) in [6.07, 6.45) is 2.17. The van der Waals surface area contributed by atoms with E-state index < -0.39 is 0 Å². The molecule has 0 bridgehead atoms. The summed E-state index contributed by atoms with van der Waals surface area (Å²) in [6, 6.07) is 9.95. The molecule has 1 aromatic carbocycles. The van der Waals surface area contributed by atoms with E-state index in [4.69, 9.17) is 11.6 Å². The van der Waals surface area contributed by atoms with Crippen molar-refractivity contribution in [2.45, 2.75) is 19.8 Å². The van der Waals surface area contributed by atoms with Crippen LogP contribution in [0.15, 0.2) is 30.3 Å². The molecule has 2 rings (SSSR count). The van der Waals surface area contributed by atoms with Gasteiger partial charge >= 0.3 is 0 Å². The van der Waals surface area contributed by atoms with E-state index in [0.717, 1.165) is 34.5 Å². The van der Waals surface area contributed by atoms with E-state index in [0.29, 0.717) is 0 Å². The van der Waals surface area contributed by atoms with Crippen molar-refractivity contribution in [1.82, 2.24) is 4.98 Å². The Morgan fingerprint density at radius 1 is 1.21 bits per heavy atom. The van der Waals surface area contributed by atoms with E-state index >= 15 is 0 Å². The van der Waals surface area contributed by atoms with Crippen molar-refractivity contribution in [3.63, 3.8) is 0 Å². The van der Waals surface area contributed by atoms with Crippen LogP contribution < -0.4 is 0 Å². The molecule has 72 valence electrons. The zero-order chi connectivity index (χ0) is 9.97. The van der Waals surface area contributed by atoms with E-state index in [1.807, 2.05) is 18.2 Å². The monoisotopic (exact) mass is 205 g/mol. The van der Waals surface area contributed by atoms with Crippen molar-refractivity contribution in [2.24, 2.45) is 0 Å². The summed E-state index contributed by atoms with van der Waals surface area (Å²) in [6.45, 7) is 2.16. The van der Waals surface area contributed by atoms with Gasteiger partial charge in [-0.1, -0.05) is 31.0 Å². The van der Waals surface area contributed by atoms with Crippen LogP contribution in [-0.2, 0) is 6.42 Å². The standard InChI is InChI=1S/C12H12ClN/c1-2-3-11-6-4-9-8-10(13)5-7-12(9)14-11/h4-8H,2-3H2,1H3. The summed E-state index contributed by atoms with van der Waals surface area (Å²) in [4.78, 5) is 4.55. The quantitative estimate of drug-likeness (QED) is 0.726. The Morgan fingerprint density at radius 3 is 2.86 bits per heavy atom. The van der Waals surface area contributed by atoms with Gasteiger partial charge in [-0.05, 0) is 30.7 Å². The summed E-state index contributed by atoms with van der Waals surface area (Å²) in [5, 5.41) is 1.87. The second kappa shape index (κ2) is 3.97. The molecule has 0 aliphatic heterocycles. The van der Waals surface area contributed by atoms with Crippen LogP contribution in [0.3, 0.4) is 0 Å². The van der Waals surface area contributed by atoms with Gasteiger partial charge in [0.15, 0.2) is 0 Å². The van der Waals surface area contributed by atoms with Gasteiger partial charge in [0.05, 0.1) is 5.52 Å². The van der Waals surface area contributed by atoms with Crippen LogP contribution in [-0.4, -0.2) is 4.98 Å². The van der Waals surface area contributed by atoms with Crippen LogP contribution in [0.4, 0.5) is 0 Å². The second-order valence-electron chi connectivity index (χ2n) is 3.39. The van der Waals surface area contributed by atoms with E-state index in [1.165, 1.54) is 0 Å². The molecule has 2 aromatic rings. The molecule has 0 amide bonds. The molecule has 1 nitrogen and oxygen atoms in total. The lowest BCUT2D eigenvalue weighted by molar-refractivity contribution is 0.890. The lowest BCUT2D eigenvalue weighted by atomic mass is 10.1. The summed E-state index contributed by atoms with van der Waals surface area (Å²) < 4.78 is 0. The van der Waals surface area contributed by atoms with Crippen molar-refractivity contribution in [1.29, 1.82) is 0 Å². The highest BCUT2D eigenvalue weighted by Gasteiger charge is 1.98. The molecule has 0 radical (unpaired) electrons. The number of aromatic nitrogens is 1. The minimum absolute atomic E-state index is 0.766. The van der Waals surface area contributed by atoms with Gasteiger partial charge in [0.1, 0.15) is 0 Å². The Balaban J connectivity index is 2.50. The lowest BCUT2D eigenvalue weighted by Crippen LogP contribution is -1.89. The van der Waals surface area contributed by atoms with Crippen LogP contribution in [0.1, 0.15) is 19.0 Å². The minimum atomic E-state index is 0.766. The Morgan fingerprint density at radius 2 is 2.07 bits per heavy atom.